The van der Waals surface area contributed by atoms with E-state index < -0.39 is 35.3 Å². The van der Waals surface area contributed by atoms with E-state index in [1.54, 1.807) is 4.90 Å². The molecular formula is C22H24F5N3O. The van der Waals surface area contributed by atoms with E-state index in [0.717, 1.165) is 37.1 Å². The van der Waals surface area contributed by atoms with Crippen molar-refractivity contribution in [1.29, 1.82) is 0 Å². The van der Waals surface area contributed by atoms with Crippen molar-refractivity contribution in [3.63, 3.8) is 0 Å². The quantitative estimate of drug-likeness (QED) is 0.662. The third-order valence-corrected chi connectivity index (χ3v) is 5.60. The Morgan fingerprint density at radius 3 is 2.52 bits per heavy atom. The molecule has 1 aliphatic heterocycles. The molecule has 4 nitrogen and oxygen atoms in total. The fraction of sp³-hybridized carbons (Fsp3) is 0.455. The largest absolute Gasteiger partial charge is 0.433 e. The maximum absolute atomic E-state index is 14.0. The first kappa shape index (κ1) is 23.0. The van der Waals surface area contributed by atoms with Crippen molar-refractivity contribution in [2.24, 2.45) is 5.92 Å². The molecule has 0 bridgehead atoms. The summed E-state index contributed by atoms with van der Waals surface area (Å²) in [4.78, 5) is 18.2. The van der Waals surface area contributed by atoms with Gasteiger partial charge in [0.2, 0.25) is 5.91 Å². The molecule has 0 saturated carbocycles. The van der Waals surface area contributed by atoms with Gasteiger partial charge in [0, 0.05) is 30.8 Å². The summed E-state index contributed by atoms with van der Waals surface area (Å²) in [6.07, 6.45) is -2.91. The molecule has 1 aromatic carbocycles. The van der Waals surface area contributed by atoms with Gasteiger partial charge in [-0.1, -0.05) is 13.0 Å². The Morgan fingerprint density at radius 1 is 1.19 bits per heavy atom. The summed E-state index contributed by atoms with van der Waals surface area (Å²) in [5.41, 5.74) is -0.650. The molecule has 1 aromatic heterocycles. The van der Waals surface area contributed by atoms with E-state index in [4.69, 9.17) is 0 Å². The first-order valence-electron chi connectivity index (χ1n) is 10.1. The first-order chi connectivity index (χ1) is 14.6. The molecular weight excluding hydrogens is 417 g/mol. The lowest BCUT2D eigenvalue weighted by Gasteiger charge is -2.33. The third-order valence-electron chi connectivity index (χ3n) is 5.60. The van der Waals surface area contributed by atoms with Gasteiger partial charge in [0.15, 0.2) is 0 Å². The molecule has 1 fully saturated rings. The lowest BCUT2D eigenvalue weighted by molar-refractivity contribution is -0.141. The number of aromatic nitrogens is 1. The highest BCUT2D eigenvalue weighted by atomic mass is 19.4. The van der Waals surface area contributed by atoms with Crippen molar-refractivity contribution in [1.82, 2.24) is 10.3 Å². The summed E-state index contributed by atoms with van der Waals surface area (Å²) in [5.74, 6) is -2.24. The number of carbonyl (C=O) groups excluding carboxylic acids is 1. The topological polar surface area (TPSA) is 45.2 Å². The summed E-state index contributed by atoms with van der Waals surface area (Å²) in [7, 11) is 0. The second-order valence-electron chi connectivity index (χ2n) is 7.95. The minimum absolute atomic E-state index is 0.0768. The van der Waals surface area contributed by atoms with Gasteiger partial charge < -0.3 is 10.2 Å². The van der Waals surface area contributed by atoms with Gasteiger partial charge in [-0.05, 0) is 49.9 Å². The Kier molecular flexibility index (Phi) is 6.81. The summed E-state index contributed by atoms with van der Waals surface area (Å²) in [6, 6.07) is 5.05. The van der Waals surface area contributed by atoms with Crippen LogP contribution in [0.4, 0.5) is 27.8 Å². The number of hydrogen-bond acceptors (Lipinski definition) is 3. The smallest absolute Gasteiger partial charge is 0.356 e. The van der Waals surface area contributed by atoms with E-state index in [0.29, 0.717) is 24.6 Å². The zero-order chi connectivity index (χ0) is 22.8. The maximum Gasteiger partial charge on any atom is 0.433 e. The van der Waals surface area contributed by atoms with Crippen molar-refractivity contribution >= 4 is 11.7 Å². The number of nitrogens with one attached hydrogen (secondary N) is 1. The van der Waals surface area contributed by atoms with Crippen LogP contribution in [0, 0.1) is 17.6 Å². The molecule has 1 saturated heterocycles. The molecule has 0 aliphatic carbocycles. The van der Waals surface area contributed by atoms with E-state index in [2.05, 4.69) is 17.2 Å². The number of halogens is 5. The fourth-order valence-corrected chi connectivity index (χ4v) is 3.59. The molecule has 0 radical (unpaired) electrons. The van der Waals surface area contributed by atoms with Gasteiger partial charge in [0.25, 0.3) is 0 Å². The van der Waals surface area contributed by atoms with E-state index in [9.17, 15) is 26.7 Å². The summed E-state index contributed by atoms with van der Waals surface area (Å²) >= 11 is 0. The van der Waals surface area contributed by atoms with Crippen LogP contribution in [0.5, 0.6) is 0 Å². The Bertz CT molecular complexity index is 939. The van der Waals surface area contributed by atoms with Crippen LogP contribution in [0.3, 0.4) is 0 Å². The molecule has 1 amide bonds. The molecule has 2 heterocycles. The van der Waals surface area contributed by atoms with E-state index in [1.807, 2.05) is 0 Å². The number of rotatable bonds is 5. The van der Waals surface area contributed by atoms with Crippen LogP contribution >= 0.6 is 0 Å². The Balaban J connectivity index is 1.80. The Hall–Kier alpha value is -2.71. The normalized spacial score (nSPS) is 16.3. The van der Waals surface area contributed by atoms with Crippen molar-refractivity contribution in [2.75, 3.05) is 18.0 Å². The second kappa shape index (κ2) is 9.20. The molecule has 1 N–H and O–H groups in total. The molecule has 3 rings (SSSR count). The highest BCUT2D eigenvalue weighted by Gasteiger charge is 2.34. The van der Waals surface area contributed by atoms with Gasteiger partial charge in [-0.2, -0.15) is 13.2 Å². The number of amides is 1. The first-order valence-corrected chi connectivity index (χ1v) is 10.1. The van der Waals surface area contributed by atoms with Gasteiger partial charge in [-0.15, -0.1) is 0 Å². The minimum Gasteiger partial charge on any atom is -0.356 e. The average molecular weight is 441 g/mol. The van der Waals surface area contributed by atoms with Crippen LogP contribution in [-0.2, 0) is 17.5 Å². The fourth-order valence-electron chi connectivity index (χ4n) is 3.59. The van der Waals surface area contributed by atoms with Crippen LogP contribution in [0.15, 0.2) is 30.3 Å². The molecule has 2 aromatic rings. The molecule has 168 valence electrons. The van der Waals surface area contributed by atoms with Crippen LogP contribution in [0.25, 0.3) is 0 Å². The van der Waals surface area contributed by atoms with Crippen molar-refractivity contribution in [3.8, 4) is 0 Å². The zero-order valence-corrected chi connectivity index (χ0v) is 17.3. The zero-order valence-electron chi connectivity index (χ0n) is 17.3. The predicted molar refractivity (Wildman–Crippen MR) is 106 cm³/mol. The number of nitrogens with zero attached hydrogens (tertiary/aromatic N) is 2. The number of benzene rings is 1. The monoisotopic (exact) mass is 441 g/mol. The predicted octanol–water partition coefficient (Wildman–Crippen LogP) is 5.03. The maximum atomic E-state index is 14.0. The average Bonchev–Trinajstić information content (AvgIpc) is 2.73. The Morgan fingerprint density at radius 2 is 1.87 bits per heavy atom. The molecule has 1 atom stereocenters. The summed E-state index contributed by atoms with van der Waals surface area (Å²) in [6.45, 7) is 4.59. The van der Waals surface area contributed by atoms with Crippen LogP contribution in [0.1, 0.15) is 49.4 Å². The van der Waals surface area contributed by atoms with Gasteiger partial charge in [0.1, 0.15) is 23.1 Å². The molecule has 0 spiro atoms. The number of anilines is 1. The molecule has 31 heavy (non-hydrogen) atoms. The Labute approximate surface area is 177 Å². The van der Waals surface area contributed by atoms with Gasteiger partial charge >= 0.3 is 6.18 Å². The molecule has 1 aliphatic rings. The lowest BCUT2D eigenvalue weighted by Crippen LogP contribution is -2.35. The van der Waals surface area contributed by atoms with Crippen molar-refractivity contribution < 1.29 is 26.7 Å². The van der Waals surface area contributed by atoms with Crippen LogP contribution in [-0.4, -0.2) is 24.0 Å². The number of piperidine rings is 1. The lowest BCUT2D eigenvalue weighted by atomic mass is 9.98. The van der Waals surface area contributed by atoms with E-state index in [1.165, 1.54) is 13.0 Å². The highest BCUT2D eigenvalue weighted by molar-refractivity contribution is 5.83. The van der Waals surface area contributed by atoms with Crippen molar-refractivity contribution in [2.45, 2.75) is 45.3 Å². The number of alkyl halides is 3. The third kappa shape index (κ3) is 5.51. The molecule has 9 heteroatoms. The van der Waals surface area contributed by atoms with E-state index in [-0.39, 0.29) is 17.9 Å². The molecule has 1 unspecified atom stereocenters. The number of carbonyl (C=O) groups is 1. The van der Waals surface area contributed by atoms with Crippen LogP contribution in [0.2, 0.25) is 0 Å². The van der Waals surface area contributed by atoms with Gasteiger partial charge in [-0.3, -0.25) is 4.79 Å². The number of hydrogen-bond donors (Lipinski definition) is 1. The highest BCUT2D eigenvalue weighted by Crippen LogP contribution is 2.32. The number of pyridine rings is 1. The second-order valence-corrected chi connectivity index (χ2v) is 7.95. The SMILES string of the molecule is CC1CCN(c2nc(C(F)(F)F)ccc2CNC(=O)C(C)c2cc(F)ccc2F)CC1. The van der Waals surface area contributed by atoms with Crippen LogP contribution < -0.4 is 10.2 Å². The van der Waals surface area contributed by atoms with Crippen molar-refractivity contribution in [3.05, 3.63) is 58.8 Å². The summed E-state index contributed by atoms with van der Waals surface area (Å²) in [5, 5.41) is 2.61. The van der Waals surface area contributed by atoms with Gasteiger partial charge in [-0.25, -0.2) is 13.8 Å². The standard InChI is InChI=1S/C22H24F5N3O/c1-13-7-9-30(10-8-13)20-15(3-6-19(29-20)22(25,26)27)12-28-21(31)14(2)17-11-16(23)4-5-18(17)24/h3-6,11,13-14H,7-10,12H2,1-2H3,(H,28,31). The van der Waals surface area contributed by atoms with E-state index >= 15 is 0 Å². The minimum atomic E-state index is -4.58. The summed E-state index contributed by atoms with van der Waals surface area (Å²) < 4.78 is 67.0. The van der Waals surface area contributed by atoms with Gasteiger partial charge in [0.05, 0.1) is 5.92 Å².